The van der Waals surface area contributed by atoms with Crippen molar-refractivity contribution in [3.05, 3.63) is 0 Å². The zero-order valence-corrected chi connectivity index (χ0v) is 17.5. The SMILES string of the molecule is O=C(OCC1(OC(=O)C(F)(F)S(=O)(=O)O)C2CC3CC(C2)CC1C3)C1CCCCC1. The van der Waals surface area contributed by atoms with Gasteiger partial charge in [0.1, 0.15) is 6.61 Å². The van der Waals surface area contributed by atoms with E-state index in [1.807, 2.05) is 0 Å². The second-order valence-corrected chi connectivity index (χ2v) is 11.0. The van der Waals surface area contributed by atoms with Crippen LogP contribution in [0.2, 0.25) is 0 Å². The fraction of sp³-hybridized carbons (Fsp3) is 0.900. The van der Waals surface area contributed by atoms with E-state index < -0.39 is 32.9 Å². The van der Waals surface area contributed by atoms with Crippen molar-refractivity contribution >= 4 is 22.1 Å². The van der Waals surface area contributed by atoms with Crippen LogP contribution in [0.5, 0.6) is 0 Å². The molecule has 0 amide bonds. The van der Waals surface area contributed by atoms with Crippen LogP contribution in [0.4, 0.5) is 8.78 Å². The minimum absolute atomic E-state index is 0.248. The monoisotopic (exact) mass is 450 g/mol. The molecule has 0 unspecified atom stereocenters. The minimum atomic E-state index is -5.97. The Morgan fingerprint density at radius 2 is 1.50 bits per heavy atom. The van der Waals surface area contributed by atoms with Gasteiger partial charge in [-0.2, -0.15) is 17.2 Å². The molecule has 10 heteroatoms. The molecule has 30 heavy (non-hydrogen) atoms. The largest absolute Gasteiger partial charge is 0.465 e. The molecule has 0 aromatic carbocycles. The van der Waals surface area contributed by atoms with Crippen LogP contribution >= 0.6 is 0 Å². The van der Waals surface area contributed by atoms with Crippen LogP contribution in [-0.2, 0) is 29.2 Å². The average Bonchev–Trinajstić information content (AvgIpc) is 2.68. The quantitative estimate of drug-likeness (QED) is 0.489. The normalized spacial score (nSPS) is 36.5. The molecule has 0 radical (unpaired) electrons. The first-order valence-electron chi connectivity index (χ1n) is 10.8. The summed E-state index contributed by atoms with van der Waals surface area (Å²) in [6, 6.07) is 0. The predicted molar refractivity (Wildman–Crippen MR) is 99.9 cm³/mol. The third-order valence-corrected chi connectivity index (χ3v) is 8.56. The van der Waals surface area contributed by atoms with E-state index in [0.29, 0.717) is 50.4 Å². The lowest BCUT2D eigenvalue weighted by atomic mass is 9.50. The Balaban J connectivity index is 1.56. The summed E-state index contributed by atoms with van der Waals surface area (Å²) in [5.74, 6) is -2.68. The molecule has 170 valence electrons. The highest BCUT2D eigenvalue weighted by atomic mass is 32.2. The number of esters is 2. The van der Waals surface area contributed by atoms with Gasteiger partial charge in [0.25, 0.3) is 0 Å². The second kappa shape index (κ2) is 7.69. The van der Waals surface area contributed by atoms with E-state index in [1.165, 1.54) is 0 Å². The van der Waals surface area contributed by atoms with Gasteiger partial charge in [-0.25, -0.2) is 4.79 Å². The van der Waals surface area contributed by atoms with Gasteiger partial charge in [0.05, 0.1) is 5.92 Å². The number of halogens is 2. The van der Waals surface area contributed by atoms with Crippen LogP contribution in [0.15, 0.2) is 0 Å². The molecule has 0 aromatic rings. The summed E-state index contributed by atoms with van der Waals surface area (Å²) in [4.78, 5) is 24.8. The number of ether oxygens (including phenoxy) is 2. The Bertz CT molecular complexity index is 776. The van der Waals surface area contributed by atoms with Crippen molar-refractivity contribution in [2.24, 2.45) is 29.6 Å². The number of rotatable bonds is 6. The van der Waals surface area contributed by atoms with Crippen LogP contribution in [-0.4, -0.2) is 42.4 Å². The van der Waals surface area contributed by atoms with E-state index in [4.69, 9.17) is 14.0 Å². The number of hydrogen-bond acceptors (Lipinski definition) is 6. The number of hydrogen-bond donors (Lipinski definition) is 1. The third-order valence-electron chi connectivity index (χ3n) is 7.74. The molecule has 0 saturated heterocycles. The summed E-state index contributed by atoms with van der Waals surface area (Å²) in [6.45, 7) is -0.343. The summed E-state index contributed by atoms with van der Waals surface area (Å²) in [5.41, 5.74) is -1.47. The van der Waals surface area contributed by atoms with Gasteiger partial charge in [0.2, 0.25) is 0 Å². The lowest BCUT2D eigenvalue weighted by Gasteiger charge is -2.59. The standard InChI is InChI=1S/C20H28F2O7S/c21-20(22,30(25,26)27)18(24)29-19(11-28-17(23)14-4-2-1-3-5-14)15-7-12-6-13(9-15)10-16(19)8-12/h12-16H,1-11H2,(H,25,26,27). The third kappa shape index (κ3) is 3.74. The Morgan fingerprint density at radius 3 is 2.00 bits per heavy atom. The van der Waals surface area contributed by atoms with Crippen molar-refractivity contribution in [2.45, 2.75) is 75.1 Å². The molecule has 0 aliphatic heterocycles. The highest BCUT2D eigenvalue weighted by Crippen LogP contribution is 2.60. The summed E-state index contributed by atoms with van der Waals surface area (Å²) >= 11 is 0. The van der Waals surface area contributed by atoms with Crippen molar-refractivity contribution < 1.29 is 40.8 Å². The maximum Gasteiger partial charge on any atom is 0.465 e. The van der Waals surface area contributed by atoms with Crippen molar-refractivity contribution in [1.82, 2.24) is 0 Å². The zero-order valence-electron chi connectivity index (χ0n) is 16.7. The summed E-state index contributed by atoms with van der Waals surface area (Å²) < 4.78 is 69.6. The topological polar surface area (TPSA) is 107 Å². The Labute approximate surface area is 174 Å². The van der Waals surface area contributed by atoms with Crippen LogP contribution in [0.25, 0.3) is 0 Å². The van der Waals surface area contributed by atoms with Gasteiger partial charge in [0.15, 0.2) is 5.60 Å². The predicted octanol–water partition coefficient (Wildman–Crippen LogP) is 3.33. The number of carbonyl (C=O) groups excluding carboxylic acids is 2. The van der Waals surface area contributed by atoms with Gasteiger partial charge in [-0.3, -0.25) is 9.35 Å². The first-order chi connectivity index (χ1) is 14.0. The Morgan fingerprint density at radius 1 is 0.967 bits per heavy atom. The molecule has 5 rings (SSSR count). The Hall–Kier alpha value is -1.29. The summed E-state index contributed by atoms with van der Waals surface area (Å²) in [7, 11) is -5.97. The van der Waals surface area contributed by atoms with Gasteiger partial charge in [-0.1, -0.05) is 19.3 Å². The second-order valence-electron chi connectivity index (χ2n) is 9.58. The highest BCUT2D eigenvalue weighted by molar-refractivity contribution is 7.87. The molecule has 0 heterocycles. The molecule has 4 bridgehead atoms. The molecule has 5 saturated carbocycles. The van der Waals surface area contributed by atoms with E-state index in [1.54, 1.807) is 0 Å². The zero-order chi connectivity index (χ0) is 21.7. The Kier molecular flexibility index (Phi) is 5.62. The smallest absolute Gasteiger partial charge is 0.461 e. The molecular weight excluding hydrogens is 422 g/mol. The van der Waals surface area contributed by atoms with Crippen LogP contribution in [0, 0.1) is 29.6 Å². The van der Waals surface area contributed by atoms with E-state index in [-0.39, 0.29) is 24.4 Å². The molecule has 7 nitrogen and oxygen atoms in total. The molecule has 5 fully saturated rings. The van der Waals surface area contributed by atoms with Crippen LogP contribution < -0.4 is 0 Å². The van der Waals surface area contributed by atoms with Crippen molar-refractivity contribution in [3.63, 3.8) is 0 Å². The number of carbonyl (C=O) groups is 2. The average molecular weight is 451 g/mol. The fourth-order valence-corrected chi connectivity index (χ4v) is 6.64. The maximum atomic E-state index is 14.0. The molecule has 0 aromatic heterocycles. The van der Waals surface area contributed by atoms with Gasteiger partial charge in [-0.15, -0.1) is 0 Å². The van der Waals surface area contributed by atoms with Gasteiger partial charge >= 0.3 is 27.3 Å². The van der Waals surface area contributed by atoms with E-state index in [9.17, 15) is 26.8 Å². The number of alkyl halides is 2. The molecule has 5 aliphatic rings. The lowest BCUT2D eigenvalue weighted by Crippen LogP contribution is -2.63. The molecule has 1 N–H and O–H groups in total. The first kappa shape index (κ1) is 21.9. The van der Waals surface area contributed by atoms with E-state index in [2.05, 4.69) is 0 Å². The van der Waals surface area contributed by atoms with Crippen molar-refractivity contribution in [3.8, 4) is 0 Å². The van der Waals surface area contributed by atoms with Crippen LogP contribution in [0.3, 0.4) is 0 Å². The minimum Gasteiger partial charge on any atom is -0.461 e. The molecular formula is C20H28F2O7S. The van der Waals surface area contributed by atoms with Crippen molar-refractivity contribution in [2.75, 3.05) is 6.61 Å². The summed E-state index contributed by atoms with van der Waals surface area (Å²) in [5, 5.41) is -5.07. The molecule has 0 atom stereocenters. The molecule has 0 spiro atoms. The van der Waals surface area contributed by atoms with Crippen LogP contribution in [0.1, 0.15) is 64.2 Å². The lowest BCUT2D eigenvalue weighted by molar-refractivity contribution is -0.236. The van der Waals surface area contributed by atoms with Gasteiger partial charge < -0.3 is 9.47 Å². The molecule has 5 aliphatic carbocycles. The summed E-state index contributed by atoms with van der Waals surface area (Å²) in [6.07, 6.45) is 8.05. The first-order valence-corrected chi connectivity index (χ1v) is 12.2. The maximum absolute atomic E-state index is 14.0. The van der Waals surface area contributed by atoms with Gasteiger partial charge in [-0.05, 0) is 56.8 Å². The highest BCUT2D eigenvalue weighted by Gasteiger charge is 2.64. The van der Waals surface area contributed by atoms with Crippen molar-refractivity contribution in [1.29, 1.82) is 0 Å². The van der Waals surface area contributed by atoms with E-state index in [0.717, 1.165) is 25.7 Å². The fourth-order valence-electron chi connectivity index (χ4n) is 6.39. The van der Waals surface area contributed by atoms with Gasteiger partial charge in [0, 0.05) is 11.8 Å². The van der Waals surface area contributed by atoms with E-state index >= 15 is 0 Å².